The van der Waals surface area contributed by atoms with Crippen LogP contribution in [0, 0.1) is 0 Å². The van der Waals surface area contributed by atoms with Crippen molar-refractivity contribution in [3.05, 3.63) is 53.6 Å². The Balaban J connectivity index is 1.94. The Morgan fingerprint density at radius 3 is 2.15 bits per heavy atom. The largest absolute Gasteiger partial charge is 0.497 e. The van der Waals surface area contributed by atoms with E-state index in [-0.39, 0.29) is 5.56 Å². The standard InChI is InChI=1S/C20H23NO6/c1-13(19(22)21-12-14-5-7-15(24-2)8-6-14)27-20(23)17-10-9-16(25-3)11-18(17)26-4/h5-11,13H,12H2,1-4H3,(H,21,22)/t13-/m0/s1. The van der Waals surface area contributed by atoms with Crippen LogP contribution in [0.1, 0.15) is 22.8 Å². The molecule has 0 heterocycles. The highest BCUT2D eigenvalue weighted by Crippen LogP contribution is 2.25. The van der Waals surface area contributed by atoms with Gasteiger partial charge in [-0.05, 0) is 36.8 Å². The Bertz CT molecular complexity index is 788. The van der Waals surface area contributed by atoms with Crippen molar-refractivity contribution >= 4 is 11.9 Å². The van der Waals surface area contributed by atoms with Crippen LogP contribution in [0.3, 0.4) is 0 Å². The summed E-state index contributed by atoms with van der Waals surface area (Å²) in [5.41, 5.74) is 1.12. The van der Waals surface area contributed by atoms with Crippen LogP contribution in [0.5, 0.6) is 17.2 Å². The minimum atomic E-state index is -0.956. The molecule has 7 heteroatoms. The van der Waals surface area contributed by atoms with E-state index >= 15 is 0 Å². The van der Waals surface area contributed by atoms with Gasteiger partial charge in [-0.2, -0.15) is 0 Å². The van der Waals surface area contributed by atoms with E-state index in [0.717, 1.165) is 11.3 Å². The number of hydrogen-bond donors (Lipinski definition) is 1. The molecule has 2 aromatic rings. The molecule has 0 aromatic heterocycles. The number of methoxy groups -OCH3 is 3. The molecule has 7 nitrogen and oxygen atoms in total. The van der Waals surface area contributed by atoms with E-state index in [2.05, 4.69) is 5.32 Å². The molecule has 2 rings (SSSR count). The Hall–Kier alpha value is -3.22. The van der Waals surface area contributed by atoms with Gasteiger partial charge in [-0.15, -0.1) is 0 Å². The predicted molar refractivity (Wildman–Crippen MR) is 99.3 cm³/mol. The molecule has 2 aromatic carbocycles. The van der Waals surface area contributed by atoms with Crippen LogP contribution in [-0.4, -0.2) is 39.3 Å². The van der Waals surface area contributed by atoms with Gasteiger partial charge in [0.05, 0.1) is 21.3 Å². The Morgan fingerprint density at radius 1 is 0.926 bits per heavy atom. The molecule has 144 valence electrons. The van der Waals surface area contributed by atoms with Gasteiger partial charge in [0.1, 0.15) is 22.8 Å². The molecule has 1 N–H and O–H groups in total. The number of hydrogen-bond acceptors (Lipinski definition) is 6. The molecule has 0 aliphatic heterocycles. The van der Waals surface area contributed by atoms with E-state index in [1.807, 2.05) is 12.1 Å². The first-order chi connectivity index (χ1) is 13.0. The second-order valence-electron chi connectivity index (χ2n) is 5.68. The Kier molecular flexibility index (Phi) is 7.05. The summed E-state index contributed by atoms with van der Waals surface area (Å²) in [4.78, 5) is 24.5. The van der Waals surface area contributed by atoms with Crippen LogP contribution >= 0.6 is 0 Å². The van der Waals surface area contributed by atoms with E-state index in [4.69, 9.17) is 18.9 Å². The Labute approximate surface area is 158 Å². The van der Waals surface area contributed by atoms with Gasteiger partial charge in [-0.25, -0.2) is 4.79 Å². The van der Waals surface area contributed by atoms with Gasteiger partial charge in [0.2, 0.25) is 0 Å². The number of benzene rings is 2. The fourth-order valence-corrected chi connectivity index (χ4v) is 2.32. The van der Waals surface area contributed by atoms with Crippen molar-refractivity contribution in [2.75, 3.05) is 21.3 Å². The van der Waals surface area contributed by atoms with E-state index in [1.54, 1.807) is 31.4 Å². The van der Waals surface area contributed by atoms with Crippen LogP contribution in [0.25, 0.3) is 0 Å². The molecule has 0 saturated carbocycles. The summed E-state index contributed by atoms with van der Waals surface area (Å²) in [5, 5.41) is 2.73. The summed E-state index contributed by atoms with van der Waals surface area (Å²) in [6, 6.07) is 12.0. The minimum absolute atomic E-state index is 0.216. The maximum absolute atomic E-state index is 12.3. The summed E-state index contributed by atoms with van der Waals surface area (Å²) in [6.07, 6.45) is -0.956. The highest BCUT2D eigenvalue weighted by Gasteiger charge is 2.21. The fourth-order valence-electron chi connectivity index (χ4n) is 2.32. The van der Waals surface area contributed by atoms with Crippen LogP contribution in [0.2, 0.25) is 0 Å². The fraction of sp³-hybridized carbons (Fsp3) is 0.300. The third-order valence-corrected chi connectivity index (χ3v) is 3.91. The van der Waals surface area contributed by atoms with Gasteiger partial charge in [0.25, 0.3) is 5.91 Å². The van der Waals surface area contributed by atoms with Crippen molar-refractivity contribution in [2.45, 2.75) is 19.6 Å². The lowest BCUT2D eigenvalue weighted by Crippen LogP contribution is -2.35. The van der Waals surface area contributed by atoms with Gasteiger partial charge in [-0.3, -0.25) is 4.79 Å². The lowest BCUT2D eigenvalue weighted by molar-refractivity contribution is -0.129. The van der Waals surface area contributed by atoms with E-state index in [0.29, 0.717) is 18.0 Å². The second-order valence-corrected chi connectivity index (χ2v) is 5.68. The molecule has 1 amide bonds. The van der Waals surface area contributed by atoms with Gasteiger partial charge in [-0.1, -0.05) is 12.1 Å². The van der Waals surface area contributed by atoms with Crippen molar-refractivity contribution in [3.8, 4) is 17.2 Å². The lowest BCUT2D eigenvalue weighted by atomic mass is 10.2. The number of amides is 1. The van der Waals surface area contributed by atoms with Crippen LogP contribution < -0.4 is 19.5 Å². The Morgan fingerprint density at radius 2 is 1.56 bits per heavy atom. The van der Waals surface area contributed by atoms with Crippen LogP contribution in [0.4, 0.5) is 0 Å². The molecule has 27 heavy (non-hydrogen) atoms. The summed E-state index contributed by atoms with van der Waals surface area (Å²) in [6.45, 7) is 1.83. The van der Waals surface area contributed by atoms with Crippen molar-refractivity contribution in [2.24, 2.45) is 0 Å². The average molecular weight is 373 g/mol. The number of carbonyl (C=O) groups is 2. The highest BCUT2D eigenvalue weighted by atomic mass is 16.5. The number of carbonyl (C=O) groups excluding carboxylic acids is 2. The third-order valence-electron chi connectivity index (χ3n) is 3.91. The van der Waals surface area contributed by atoms with E-state index < -0.39 is 18.0 Å². The lowest BCUT2D eigenvalue weighted by Gasteiger charge is -2.15. The molecule has 0 spiro atoms. The number of ether oxygens (including phenoxy) is 4. The zero-order valence-corrected chi connectivity index (χ0v) is 15.8. The minimum Gasteiger partial charge on any atom is -0.497 e. The van der Waals surface area contributed by atoms with E-state index in [9.17, 15) is 9.59 Å². The topological polar surface area (TPSA) is 83.1 Å². The molecular formula is C20H23NO6. The summed E-state index contributed by atoms with van der Waals surface area (Å²) in [5.74, 6) is 0.549. The first-order valence-corrected chi connectivity index (χ1v) is 8.32. The van der Waals surface area contributed by atoms with Gasteiger partial charge in [0.15, 0.2) is 6.10 Å². The molecule has 0 radical (unpaired) electrons. The second kappa shape index (κ2) is 9.47. The normalized spacial score (nSPS) is 11.3. The number of rotatable bonds is 8. The molecule has 0 unspecified atom stereocenters. The molecule has 0 aliphatic carbocycles. The van der Waals surface area contributed by atoms with E-state index in [1.165, 1.54) is 27.2 Å². The van der Waals surface area contributed by atoms with Crippen LogP contribution in [0.15, 0.2) is 42.5 Å². The zero-order valence-electron chi connectivity index (χ0n) is 15.8. The average Bonchev–Trinajstić information content (AvgIpc) is 2.71. The summed E-state index contributed by atoms with van der Waals surface area (Å²) >= 11 is 0. The summed E-state index contributed by atoms with van der Waals surface area (Å²) in [7, 11) is 4.54. The third kappa shape index (κ3) is 5.37. The smallest absolute Gasteiger partial charge is 0.342 e. The first-order valence-electron chi connectivity index (χ1n) is 8.32. The van der Waals surface area contributed by atoms with Crippen molar-refractivity contribution in [1.82, 2.24) is 5.32 Å². The molecule has 0 bridgehead atoms. The molecule has 0 aliphatic rings. The zero-order chi connectivity index (χ0) is 19.8. The van der Waals surface area contributed by atoms with Gasteiger partial charge < -0.3 is 24.3 Å². The molecular weight excluding hydrogens is 350 g/mol. The molecule has 1 atom stereocenters. The van der Waals surface area contributed by atoms with Crippen molar-refractivity contribution in [3.63, 3.8) is 0 Å². The number of nitrogens with one attached hydrogen (secondary N) is 1. The van der Waals surface area contributed by atoms with Gasteiger partial charge >= 0.3 is 5.97 Å². The quantitative estimate of drug-likeness (QED) is 0.716. The summed E-state index contributed by atoms with van der Waals surface area (Å²) < 4.78 is 20.6. The van der Waals surface area contributed by atoms with Gasteiger partial charge in [0, 0.05) is 12.6 Å². The van der Waals surface area contributed by atoms with Crippen molar-refractivity contribution in [1.29, 1.82) is 0 Å². The maximum Gasteiger partial charge on any atom is 0.342 e. The number of esters is 1. The SMILES string of the molecule is COc1ccc(CNC(=O)[C@H](C)OC(=O)c2ccc(OC)cc2OC)cc1. The molecule has 0 fully saturated rings. The van der Waals surface area contributed by atoms with Crippen LogP contribution in [-0.2, 0) is 16.1 Å². The maximum atomic E-state index is 12.3. The predicted octanol–water partition coefficient (Wildman–Crippen LogP) is 2.57. The van der Waals surface area contributed by atoms with Crippen molar-refractivity contribution < 1.29 is 28.5 Å². The highest BCUT2D eigenvalue weighted by molar-refractivity contribution is 5.94. The molecule has 0 saturated heterocycles. The first kappa shape index (κ1) is 20.1. The monoisotopic (exact) mass is 373 g/mol.